The van der Waals surface area contributed by atoms with Gasteiger partial charge in [0.25, 0.3) is 0 Å². The van der Waals surface area contributed by atoms with Crippen LogP contribution in [0.25, 0.3) is 0 Å². The minimum absolute atomic E-state index is 0.408. The maximum Gasteiger partial charge on any atom is 0.0883 e. The van der Waals surface area contributed by atoms with Crippen LogP contribution in [0.15, 0.2) is 0 Å². The Morgan fingerprint density at radius 1 is 0.962 bits per heavy atom. The number of aliphatic hydroxyl groups is 1. The Kier molecular flexibility index (Phi) is 5.44. The molecule has 0 amide bonds. The van der Waals surface area contributed by atoms with Crippen LogP contribution in [0.3, 0.4) is 0 Å². The second-order valence-electron chi connectivity index (χ2n) is 10.2. The molecule has 0 aliphatic heterocycles. The first kappa shape index (κ1) is 19.2. The summed E-state index contributed by atoms with van der Waals surface area (Å²) in [6.45, 7) is 5.81. The van der Waals surface area contributed by atoms with Crippen molar-refractivity contribution in [1.82, 2.24) is 0 Å². The van der Waals surface area contributed by atoms with Gasteiger partial charge < -0.3 is 14.6 Å². The van der Waals surface area contributed by atoms with Crippen molar-refractivity contribution in [3.05, 3.63) is 0 Å². The molecular formula is C23H40O3. The fourth-order valence-electron chi connectivity index (χ4n) is 7.92. The Bertz CT molecular complexity index is 494. The lowest BCUT2D eigenvalue weighted by Crippen LogP contribution is -2.56. The van der Waals surface area contributed by atoms with Crippen LogP contribution in [-0.4, -0.2) is 37.1 Å². The van der Waals surface area contributed by atoms with Crippen molar-refractivity contribution in [1.29, 1.82) is 0 Å². The molecule has 0 radical (unpaired) electrons. The summed E-state index contributed by atoms with van der Waals surface area (Å²) in [5.41, 5.74) is -0.148. The number of fused-ring (bicyclic) bond motifs is 5. The maximum absolute atomic E-state index is 11.0. The lowest BCUT2D eigenvalue weighted by molar-refractivity contribution is -0.161. The zero-order chi connectivity index (χ0) is 18.4. The lowest BCUT2D eigenvalue weighted by Gasteiger charge is -2.60. The van der Waals surface area contributed by atoms with Crippen LogP contribution in [0.4, 0.5) is 0 Å². The van der Waals surface area contributed by atoms with Crippen molar-refractivity contribution in [2.24, 2.45) is 35.0 Å². The summed E-state index contributed by atoms with van der Waals surface area (Å²) in [5, 5.41) is 11.0. The molecule has 0 aromatic heterocycles. The van der Waals surface area contributed by atoms with E-state index in [2.05, 4.69) is 6.92 Å². The van der Waals surface area contributed by atoms with E-state index in [1.165, 1.54) is 51.4 Å². The summed E-state index contributed by atoms with van der Waals surface area (Å²) in [6, 6.07) is 0. The Labute approximate surface area is 160 Å². The van der Waals surface area contributed by atoms with Gasteiger partial charge in [0.15, 0.2) is 0 Å². The lowest BCUT2D eigenvalue weighted by atomic mass is 9.46. The van der Waals surface area contributed by atoms with Crippen molar-refractivity contribution >= 4 is 0 Å². The van der Waals surface area contributed by atoms with E-state index < -0.39 is 5.60 Å². The second kappa shape index (κ2) is 7.37. The zero-order valence-electron chi connectivity index (χ0n) is 17.2. The van der Waals surface area contributed by atoms with E-state index in [1.54, 1.807) is 0 Å². The molecule has 0 heterocycles. The molecule has 0 aromatic rings. The van der Waals surface area contributed by atoms with E-state index in [-0.39, 0.29) is 0 Å². The van der Waals surface area contributed by atoms with Crippen LogP contribution in [0.1, 0.15) is 78.1 Å². The molecule has 0 saturated heterocycles. The molecule has 0 spiro atoms. The first-order chi connectivity index (χ1) is 12.5. The van der Waals surface area contributed by atoms with Gasteiger partial charge in [-0.3, -0.25) is 0 Å². The molecule has 3 nitrogen and oxygen atoms in total. The molecule has 4 aliphatic carbocycles. The number of methoxy groups -OCH3 is 1. The normalized spacial score (nSPS) is 51.2. The average molecular weight is 365 g/mol. The molecule has 1 N–H and O–H groups in total. The highest BCUT2D eigenvalue weighted by Gasteiger charge is 2.56. The molecule has 3 heteroatoms. The van der Waals surface area contributed by atoms with Gasteiger partial charge in [-0.2, -0.15) is 0 Å². The van der Waals surface area contributed by atoms with Gasteiger partial charge >= 0.3 is 0 Å². The highest BCUT2D eigenvalue weighted by Crippen LogP contribution is 2.62. The molecule has 4 saturated carbocycles. The number of rotatable bonds is 4. The van der Waals surface area contributed by atoms with Gasteiger partial charge in [-0.15, -0.1) is 0 Å². The minimum Gasteiger partial charge on any atom is -0.387 e. The van der Waals surface area contributed by atoms with E-state index in [0.717, 1.165) is 42.4 Å². The predicted molar refractivity (Wildman–Crippen MR) is 104 cm³/mol. The van der Waals surface area contributed by atoms with Crippen LogP contribution in [0.2, 0.25) is 0 Å². The van der Waals surface area contributed by atoms with Crippen LogP contribution in [0.5, 0.6) is 0 Å². The Hall–Kier alpha value is -0.120. The summed E-state index contributed by atoms with van der Waals surface area (Å²) in [6.07, 6.45) is 13.1. The van der Waals surface area contributed by atoms with E-state index in [0.29, 0.717) is 24.7 Å². The molecule has 0 unspecified atom stereocenters. The standard InChI is InChI=1S/C23H40O3/c1-4-26-15-23(24)13-11-17-16(14-23)8-9-19-18(17)10-12-22(2)20(19)6-5-7-21(22)25-3/h16-21,24H,4-15H2,1-3H3/t16-,17-,18+,19+,20-,21-,22-,23+/m0/s1. The number of hydrogen-bond donors (Lipinski definition) is 1. The smallest absolute Gasteiger partial charge is 0.0883 e. The highest BCUT2D eigenvalue weighted by atomic mass is 16.5. The van der Waals surface area contributed by atoms with Gasteiger partial charge in [-0.05, 0) is 99.7 Å². The van der Waals surface area contributed by atoms with Crippen molar-refractivity contribution in [2.75, 3.05) is 20.3 Å². The summed E-state index contributed by atoms with van der Waals surface area (Å²) >= 11 is 0. The van der Waals surface area contributed by atoms with Crippen molar-refractivity contribution in [3.8, 4) is 0 Å². The van der Waals surface area contributed by atoms with Gasteiger partial charge in [0, 0.05) is 13.7 Å². The topological polar surface area (TPSA) is 38.7 Å². The summed E-state index contributed by atoms with van der Waals surface area (Å²) in [5.74, 6) is 4.25. The van der Waals surface area contributed by atoms with Crippen LogP contribution >= 0.6 is 0 Å². The van der Waals surface area contributed by atoms with Gasteiger partial charge in [0.2, 0.25) is 0 Å². The van der Waals surface area contributed by atoms with Gasteiger partial charge in [-0.1, -0.05) is 13.3 Å². The van der Waals surface area contributed by atoms with Gasteiger partial charge in [0.05, 0.1) is 18.3 Å². The molecule has 8 atom stereocenters. The third-order valence-electron chi connectivity index (χ3n) is 9.12. The fraction of sp³-hybridized carbons (Fsp3) is 1.00. The van der Waals surface area contributed by atoms with E-state index >= 15 is 0 Å². The van der Waals surface area contributed by atoms with Gasteiger partial charge in [0.1, 0.15) is 0 Å². The zero-order valence-corrected chi connectivity index (χ0v) is 17.2. The number of hydrogen-bond acceptors (Lipinski definition) is 3. The SMILES string of the molecule is CCOC[C@@]1(O)CC[C@H]2[C@@H](CC[C@@H]3[C@@H]2CC[C@]2(C)[C@@H](OC)CCC[C@@H]32)C1. The second-order valence-corrected chi connectivity index (χ2v) is 10.2. The summed E-state index contributed by atoms with van der Waals surface area (Å²) in [4.78, 5) is 0. The number of ether oxygens (including phenoxy) is 2. The Morgan fingerprint density at radius 2 is 1.77 bits per heavy atom. The van der Waals surface area contributed by atoms with Crippen molar-refractivity contribution in [3.63, 3.8) is 0 Å². The quantitative estimate of drug-likeness (QED) is 0.778. The van der Waals surface area contributed by atoms with Gasteiger partial charge in [-0.25, -0.2) is 0 Å². The van der Waals surface area contributed by atoms with Crippen molar-refractivity contribution < 1.29 is 14.6 Å². The fourth-order valence-corrected chi connectivity index (χ4v) is 7.92. The Morgan fingerprint density at radius 3 is 2.54 bits per heavy atom. The first-order valence-corrected chi connectivity index (χ1v) is 11.3. The molecule has 4 aliphatic rings. The van der Waals surface area contributed by atoms with E-state index in [1.807, 2.05) is 14.0 Å². The highest BCUT2D eigenvalue weighted by molar-refractivity contribution is 5.06. The largest absolute Gasteiger partial charge is 0.387 e. The summed E-state index contributed by atoms with van der Waals surface area (Å²) in [7, 11) is 1.93. The molecule has 26 heavy (non-hydrogen) atoms. The van der Waals surface area contributed by atoms with Crippen molar-refractivity contribution in [2.45, 2.75) is 89.8 Å². The first-order valence-electron chi connectivity index (χ1n) is 11.3. The predicted octanol–water partition coefficient (Wildman–Crippen LogP) is 4.81. The molecule has 0 aromatic carbocycles. The van der Waals surface area contributed by atoms with Crippen LogP contribution in [0, 0.1) is 35.0 Å². The minimum atomic E-state index is -0.556. The Balaban J connectivity index is 1.47. The van der Waals surface area contributed by atoms with E-state index in [4.69, 9.17) is 9.47 Å². The molecular weight excluding hydrogens is 324 g/mol. The van der Waals surface area contributed by atoms with E-state index in [9.17, 15) is 5.11 Å². The molecule has 4 fully saturated rings. The maximum atomic E-state index is 11.0. The third-order valence-corrected chi connectivity index (χ3v) is 9.12. The molecule has 0 bridgehead atoms. The van der Waals surface area contributed by atoms with Crippen LogP contribution < -0.4 is 0 Å². The molecule has 4 rings (SSSR count). The van der Waals surface area contributed by atoms with Crippen LogP contribution in [-0.2, 0) is 9.47 Å². The average Bonchev–Trinajstić information content (AvgIpc) is 2.65. The third kappa shape index (κ3) is 3.16. The summed E-state index contributed by atoms with van der Waals surface area (Å²) < 4.78 is 11.6. The molecule has 150 valence electrons. The monoisotopic (exact) mass is 364 g/mol.